The van der Waals surface area contributed by atoms with Crippen molar-refractivity contribution in [2.75, 3.05) is 11.9 Å². The van der Waals surface area contributed by atoms with Crippen molar-refractivity contribution in [2.45, 2.75) is 57.2 Å². The molecule has 1 aliphatic rings. The predicted molar refractivity (Wildman–Crippen MR) is 183 cm³/mol. The van der Waals surface area contributed by atoms with Crippen LogP contribution in [-0.4, -0.2) is 63.1 Å². The molecule has 4 aromatic rings. The number of primary amides is 1. The van der Waals surface area contributed by atoms with E-state index in [1.54, 1.807) is 53.4 Å². The topological polar surface area (TPSA) is 150 Å². The van der Waals surface area contributed by atoms with E-state index < -0.39 is 41.8 Å². The Bertz CT molecular complexity index is 1860. The molecule has 1 aliphatic heterocycles. The van der Waals surface area contributed by atoms with E-state index in [0.717, 1.165) is 16.3 Å². The molecule has 3 unspecified atom stereocenters. The average Bonchev–Trinajstić information content (AvgIpc) is 3.18. The maximum absolute atomic E-state index is 14.6. The van der Waals surface area contributed by atoms with Crippen LogP contribution in [0.3, 0.4) is 0 Å². The van der Waals surface area contributed by atoms with E-state index in [2.05, 4.69) is 5.32 Å². The standard InChI is InChI=1S/C37H37ClN4O6/c1-23-17-18-41(31(36(39)47)22-26-10-5-9-25-8-2-3-14-30(25)26)37(48)35(27-11-6-12-28(38)21-27)42(23)33(44)20-24-7-4-13-29(19-24)40-32(43)15-16-34(45)46/h2-14,19,21,23,31,35H,15-18,20,22H2,1H3,(H2,39,47)(H,40,43)(H,45,46). The van der Waals surface area contributed by atoms with Crippen LogP contribution in [0.15, 0.2) is 91.0 Å². The zero-order valence-electron chi connectivity index (χ0n) is 26.5. The third-order valence-corrected chi connectivity index (χ3v) is 8.88. The van der Waals surface area contributed by atoms with E-state index in [9.17, 15) is 24.0 Å². The highest BCUT2D eigenvalue weighted by Gasteiger charge is 2.43. The Labute approximate surface area is 283 Å². The summed E-state index contributed by atoms with van der Waals surface area (Å²) in [5.41, 5.74) is 8.40. The number of hydrogen-bond donors (Lipinski definition) is 3. The molecule has 5 rings (SSSR count). The molecule has 4 aromatic carbocycles. The zero-order valence-corrected chi connectivity index (χ0v) is 27.2. The van der Waals surface area contributed by atoms with Gasteiger partial charge in [-0.25, -0.2) is 0 Å². The normalized spacial score (nSPS) is 17.1. The molecule has 4 amide bonds. The molecule has 1 saturated heterocycles. The monoisotopic (exact) mass is 668 g/mol. The fourth-order valence-corrected chi connectivity index (χ4v) is 6.50. The fourth-order valence-electron chi connectivity index (χ4n) is 6.30. The minimum absolute atomic E-state index is 0.0806. The number of amides is 4. The second-order valence-electron chi connectivity index (χ2n) is 12.0. The molecule has 1 heterocycles. The summed E-state index contributed by atoms with van der Waals surface area (Å²) in [6, 6.07) is 24.7. The molecule has 1 fully saturated rings. The van der Waals surface area contributed by atoms with Crippen molar-refractivity contribution in [1.82, 2.24) is 9.80 Å². The van der Waals surface area contributed by atoms with E-state index in [0.29, 0.717) is 28.3 Å². The van der Waals surface area contributed by atoms with Crippen molar-refractivity contribution in [3.8, 4) is 0 Å². The van der Waals surface area contributed by atoms with Gasteiger partial charge in [-0.2, -0.15) is 0 Å². The highest BCUT2D eigenvalue weighted by molar-refractivity contribution is 6.30. The summed E-state index contributed by atoms with van der Waals surface area (Å²) >= 11 is 6.39. The maximum atomic E-state index is 14.6. The van der Waals surface area contributed by atoms with Crippen LogP contribution in [0.1, 0.15) is 48.9 Å². The lowest BCUT2D eigenvalue weighted by Crippen LogP contribution is -2.52. The van der Waals surface area contributed by atoms with E-state index in [1.807, 2.05) is 49.4 Å². The molecular weight excluding hydrogens is 632 g/mol. The van der Waals surface area contributed by atoms with Gasteiger partial charge in [0.05, 0.1) is 12.8 Å². The lowest BCUT2D eigenvalue weighted by atomic mass is 9.96. The molecule has 0 bridgehead atoms. The molecule has 248 valence electrons. The summed E-state index contributed by atoms with van der Waals surface area (Å²) in [6.07, 6.45) is 0.0379. The highest BCUT2D eigenvalue weighted by atomic mass is 35.5. The zero-order chi connectivity index (χ0) is 34.4. The number of carboxylic acid groups (broad SMARTS) is 1. The van der Waals surface area contributed by atoms with Gasteiger partial charge in [0, 0.05) is 36.1 Å². The molecule has 4 N–H and O–H groups in total. The number of halogens is 1. The first-order valence-corrected chi connectivity index (χ1v) is 16.1. The van der Waals surface area contributed by atoms with Gasteiger partial charge in [-0.15, -0.1) is 0 Å². The van der Waals surface area contributed by atoms with Gasteiger partial charge in [0.2, 0.25) is 17.7 Å². The van der Waals surface area contributed by atoms with Gasteiger partial charge in [-0.05, 0) is 65.1 Å². The van der Waals surface area contributed by atoms with Gasteiger partial charge in [0.1, 0.15) is 12.1 Å². The first kappa shape index (κ1) is 34.1. The number of nitrogens with zero attached hydrogens (tertiary/aromatic N) is 2. The molecule has 0 aromatic heterocycles. The van der Waals surface area contributed by atoms with Crippen LogP contribution in [0.5, 0.6) is 0 Å². The Kier molecular flexibility index (Phi) is 10.8. The summed E-state index contributed by atoms with van der Waals surface area (Å²) < 4.78 is 0. The Morgan fingerprint density at radius 1 is 0.958 bits per heavy atom. The van der Waals surface area contributed by atoms with Gasteiger partial charge in [-0.3, -0.25) is 24.0 Å². The van der Waals surface area contributed by atoms with Gasteiger partial charge in [-0.1, -0.05) is 78.3 Å². The fraction of sp³-hybridized carbons (Fsp3) is 0.270. The Morgan fingerprint density at radius 3 is 2.44 bits per heavy atom. The van der Waals surface area contributed by atoms with Crippen LogP contribution >= 0.6 is 11.6 Å². The first-order chi connectivity index (χ1) is 23.0. The summed E-state index contributed by atoms with van der Waals surface area (Å²) in [5, 5.41) is 13.9. The smallest absolute Gasteiger partial charge is 0.303 e. The number of fused-ring (bicyclic) bond motifs is 1. The molecule has 0 radical (unpaired) electrons. The number of benzene rings is 4. The van der Waals surface area contributed by atoms with Crippen LogP contribution < -0.4 is 11.1 Å². The van der Waals surface area contributed by atoms with Crippen molar-refractivity contribution >= 4 is 57.7 Å². The minimum Gasteiger partial charge on any atom is -0.481 e. The van der Waals surface area contributed by atoms with Crippen molar-refractivity contribution in [2.24, 2.45) is 5.73 Å². The number of anilines is 1. The molecule has 10 nitrogen and oxygen atoms in total. The average molecular weight is 669 g/mol. The van der Waals surface area contributed by atoms with Crippen LogP contribution in [0, 0.1) is 0 Å². The van der Waals surface area contributed by atoms with Crippen molar-refractivity contribution in [3.05, 3.63) is 113 Å². The second-order valence-corrected chi connectivity index (χ2v) is 12.4. The van der Waals surface area contributed by atoms with Gasteiger partial charge in [0.25, 0.3) is 5.91 Å². The number of hydrogen-bond acceptors (Lipinski definition) is 5. The molecule has 3 atom stereocenters. The summed E-state index contributed by atoms with van der Waals surface area (Å²) in [4.78, 5) is 68.0. The van der Waals surface area contributed by atoms with Crippen LogP contribution in [0.2, 0.25) is 5.02 Å². The number of aliphatic carboxylic acids is 1. The van der Waals surface area contributed by atoms with Gasteiger partial charge < -0.3 is 26.0 Å². The van der Waals surface area contributed by atoms with Crippen LogP contribution in [0.25, 0.3) is 10.8 Å². The second kappa shape index (κ2) is 15.1. The van der Waals surface area contributed by atoms with Crippen molar-refractivity contribution in [1.29, 1.82) is 0 Å². The summed E-state index contributed by atoms with van der Waals surface area (Å²) in [6.45, 7) is 2.08. The first-order valence-electron chi connectivity index (χ1n) is 15.8. The third-order valence-electron chi connectivity index (χ3n) is 8.64. The SMILES string of the molecule is CC1CCN(C(Cc2cccc3ccccc23)C(N)=O)C(=O)C(c2cccc(Cl)c2)N1C(=O)Cc1cccc(NC(=O)CCC(=O)O)c1. The molecular formula is C37H37ClN4O6. The number of nitrogens with one attached hydrogen (secondary N) is 1. The van der Waals surface area contributed by atoms with Crippen LogP contribution in [0.4, 0.5) is 5.69 Å². The van der Waals surface area contributed by atoms with E-state index >= 15 is 0 Å². The van der Waals surface area contributed by atoms with Crippen molar-refractivity contribution < 1.29 is 29.1 Å². The van der Waals surface area contributed by atoms with Crippen LogP contribution in [-0.2, 0) is 36.8 Å². The minimum atomic E-state index is -1.08. The molecule has 0 spiro atoms. The molecule has 0 aliphatic carbocycles. The maximum Gasteiger partial charge on any atom is 0.303 e. The van der Waals surface area contributed by atoms with Gasteiger partial charge in [0.15, 0.2) is 0 Å². The lowest BCUT2D eigenvalue weighted by molar-refractivity contribution is -0.148. The number of nitrogens with two attached hydrogens (primary N) is 1. The molecule has 0 saturated carbocycles. The summed E-state index contributed by atoms with van der Waals surface area (Å²) in [7, 11) is 0. The Morgan fingerprint density at radius 2 is 1.69 bits per heavy atom. The number of carbonyl (C=O) groups is 5. The Hall–Kier alpha value is -5.22. The van der Waals surface area contributed by atoms with E-state index in [-0.39, 0.29) is 38.1 Å². The highest BCUT2D eigenvalue weighted by Crippen LogP contribution is 2.34. The van der Waals surface area contributed by atoms with E-state index in [4.69, 9.17) is 22.4 Å². The number of carboxylic acids is 1. The number of carbonyl (C=O) groups excluding carboxylic acids is 4. The molecule has 48 heavy (non-hydrogen) atoms. The third kappa shape index (κ3) is 8.01. The van der Waals surface area contributed by atoms with E-state index in [1.165, 1.54) is 4.90 Å². The van der Waals surface area contributed by atoms with Gasteiger partial charge >= 0.3 is 5.97 Å². The van der Waals surface area contributed by atoms with Crippen molar-refractivity contribution in [3.63, 3.8) is 0 Å². The number of rotatable bonds is 11. The molecule has 11 heteroatoms. The lowest BCUT2D eigenvalue weighted by Gasteiger charge is -2.36. The Balaban J connectivity index is 1.46. The summed E-state index contributed by atoms with van der Waals surface area (Å²) in [5.74, 6) is -2.94. The predicted octanol–water partition coefficient (Wildman–Crippen LogP) is 5.13. The largest absolute Gasteiger partial charge is 0.481 e. The quantitative estimate of drug-likeness (QED) is 0.202.